The van der Waals surface area contributed by atoms with Gasteiger partial charge in [0, 0.05) is 45.3 Å². The summed E-state index contributed by atoms with van der Waals surface area (Å²) in [6, 6.07) is 0. The van der Waals surface area contributed by atoms with Crippen molar-refractivity contribution >= 4 is 10.0 Å². The van der Waals surface area contributed by atoms with Crippen LogP contribution in [0.15, 0.2) is 17.6 Å². The molecule has 0 amide bonds. The van der Waals surface area contributed by atoms with Gasteiger partial charge < -0.3 is 14.2 Å². The Bertz CT molecular complexity index is 600. The number of rotatable bonds is 2. The van der Waals surface area contributed by atoms with E-state index in [4.69, 9.17) is 4.74 Å². The standard InChI is InChI=1S/C13H22N4O3S/c1-15-5-6-20-12-8-17(4-3-11(12)7-15)21(18,19)13-9-16(2)10-14-13/h9-12H,3-8H2,1-2H3/t11-,12+/m1/s1. The number of fused-ring (bicyclic) bond motifs is 1. The van der Waals surface area contributed by atoms with Crippen molar-refractivity contribution in [2.75, 3.05) is 39.8 Å². The molecule has 2 atom stereocenters. The maximum absolute atomic E-state index is 12.6. The fourth-order valence-corrected chi connectivity index (χ4v) is 4.49. The second-order valence-corrected chi connectivity index (χ2v) is 7.85. The fraction of sp³-hybridized carbons (Fsp3) is 0.769. The minimum Gasteiger partial charge on any atom is -0.375 e. The molecule has 2 aliphatic heterocycles. The van der Waals surface area contributed by atoms with Crippen molar-refractivity contribution in [3.63, 3.8) is 0 Å². The van der Waals surface area contributed by atoms with E-state index in [9.17, 15) is 8.42 Å². The van der Waals surface area contributed by atoms with Crippen LogP contribution in [-0.4, -0.2) is 73.1 Å². The molecule has 0 spiro atoms. The van der Waals surface area contributed by atoms with Crippen molar-refractivity contribution in [1.82, 2.24) is 18.8 Å². The molecule has 0 radical (unpaired) electrons. The molecule has 0 N–H and O–H groups in total. The number of imidazole rings is 1. The minimum absolute atomic E-state index is 0.0119. The Morgan fingerprint density at radius 1 is 1.29 bits per heavy atom. The summed E-state index contributed by atoms with van der Waals surface area (Å²) in [6.07, 6.45) is 3.88. The number of aromatic nitrogens is 2. The molecule has 21 heavy (non-hydrogen) atoms. The molecule has 8 heteroatoms. The molecular weight excluding hydrogens is 292 g/mol. The lowest BCUT2D eigenvalue weighted by Gasteiger charge is -2.36. The van der Waals surface area contributed by atoms with Crippen LogP contribution in [0.2, 0.25) is 0 Å². The Kier molecular flexibility index (Phi) is 4.04. The Hall–Kier alpha value is -0.960. The number of hydrogen-bond acceptors (Lipinski definition) is 5. The van der Waals surface area contributed by atoms with Crippen LogP contribution in [0.5, 0.6) is 0 Å². The molecule has 2 saturated heterocycles. The van der Waals surface area contributed by atoms with E-state index < -0.39 is 10.0 Å². The first-order chi connectivity index (χ1) is 9.96. The Labute approximate surface area is 125 Å². The van der Waals surface area contributed by atoms with E-state index in [2.05, 4.69) is 16.9 Å². The predicted octanol–water partition coefficient (Wildman–Crippen LogP) is -0.239. The van der Waals surface area contributed by atoms with Crippen molar-refractivity contribution < 1.29 is 13.2 Å². The van der Waals surface area contributed by atoms with Crippen LogP contribution in [0.3, 0.4) is 0 Å². The summed E-state index contributed by atoms with van der Waals surface area (Å²) < 4.78 is 34.3. The molecular formula is C13H22N4O3S. The molecule has 0 aromatic carbocycles. The molecule has 0 bridgehead atoms. The van der Waals surface area contributed by atoms with Gasteiger partial charge in [0.05, 0.1) is 19.0 Å². The Morgan fingerprint density at radius 3 is 2.81 bits per heavy atom. The summed E-state index contributed by atoms with van der Waals surface area (Å²) in [6.45, 7) is 3.51. The maximum atomic E-state index is 12.6. The van der Waals surface area contributed by atoms with Crippen molar-refractivity contribution in [1.29, 1.82) is 0 Å². The van der Waals surface area contributed by atoms with Gasteiger partial charge in [0.15, 0.2) is 5.03 Å². The zero-order valence-corrected chi connectivity index (χ0v) is 13.3. The second-order valence-electron chi connectivity index (χ2n) is 5.96. The molecule has 2 aliphatic rings. The summed E-state index contributed by atoms with van der Waals surface area (Å²) in [4.78, 5) is 6.24. The average Bonchev–Trinajstić information content (AvgIpc) is 2.79. The quantitative estimate of drug-likeness (QED) is 0.754. The SMILES string of the molecule is CN1CCO[C@H]2CN(S(=O)(=O)c3cn(C)cn3)CC[C@@H]2C1. The van der Waals surface area contributed by atoms with Crippen molar-refractivity contribution in [2.45, 2.75) is 17.6 Å². The molecule has 7 nitrogen and oxygen atoms in total. The van der Waals surface area contributed by atoms with E-state index in [1.807, 2.05) is 0 Å². The third-order valence-electron chi connectivity index (χ3n) is 4.30. The molecule has 3 rings (SSSR count). The number of likely N-dealkylation sites (N-methyl/N-ethyl adjacent to an activating group) is 1. The van der Waals surface area contributed by atoms with Crippen LogP contribution >= 0.6 is 0 Å². The summed E-state index contributed by atoms with van der Waals surface area (Å²) in [7, 11) is 0.343. The molecule has 3 heterocycles. The van der Waals surface area contributed by atoms with Crippen LogP contribution in [0, 0.1) is 5.92 Å². The van der Waals surface area contributed by atoms with Crippen LogP contribution in [0.25, 0.3) is 0 Å². The summed E-state index contributed by atoms with van der Waals surface area (Å²) in [5.41, 5.74) is 0. The van der Waals surface area contributed by atoms with Crippen LogP contribution in [0.1, 0.15) is 6.42 Å². The zero-order chi connectivity index (χ0) is 15.0. The van der Waals surface area contributed by atoms with Gasteiger partial charge in [-0.05, 0) is 13.5 Å². The number of aryl methyl sites for hydroxylation is 1. The smallest absolute Gasteiger partial charge is 0.262 e. The number of sulfonamides is 1. The molecule has 2 fully saturated rings. The lowest BCUT2D eigenvalue weighted by Crippen LogP contribution is -2.48. The lowest BCUT2D eigenvalue weighted by atomic mass is 9.95. The highest BCUT2D eigenvalue weighted by Crippen LogP contribution is 2.27. The Morgan fingerprint density at radius 2 is 2.10 bits per heavy atom. The van der Waals surface area contributed by atoms with Crippen LogP contribution in [-0.2, 0) is 21.8 Å². The molecule has 1 aromatic rings. The van der Waals surface area contributed by atoms with Crippen LogP contribution in [0.4, 0.5) is 0 Å². The van der Waals surface area contributed by atoms with Gasteiger partial charge in [-0.3, -0.25) is 0 Å². The summed E-state index contributed by atoms with van der Waals surface area (Å²) in [5, 5.41) is 0.120. The largest absolute Gasteiger partial charge is 0.375 e. The van der Waals surface area contributed by atoms with Gasteiger partial charge in [0.1, 0.15) is 0 Å². The van der Waals surface area contributed by atoms with Gasteiger partial charge in [-0.25, -0.2) is 13.4 Å². The number of hydrogen-bond donors (Lipinski definition) is 0. The normalized spacial score (nSPS) is 29.0. The minimum atomic E-state index is -3.51. The molecule has 0 aliphatic carbocycles. The molecule has 118 valence electrons. The topological polar surface area (TPSA) is 67.7 Å². The number of ether oxygens (including phenoxy) is 1. The summed E-state index contributed by atoms with van der Waals surface area (Å²) in [5.74, 6) is 0.410. The molecule has 0 saturated carbocycles. The molecule has 1 aromatic heterocycles. The van der Waals surface area contributed by atoms with E-state index in [0.717, 1.165) is 19.5 Å². The highest BCUT2D eigenvalue weighted by Gasteiger charge is 2.38. The third kappa shape index (κ3) is 2.98. The van der Waals surface area contributed by atoms with Crippen molar-refractivity contribution in [2.24, 2.45) is 13.0 Å². The first kappa shape index (κ1) is 15.0. The highest BCUT2D eigenvalue weighted by molar-refractivity contribution is 7.89. The fourth-order valence-electron chi connectivity index (χ4n) is 3.06. The third-order valence-corrected chi connectivity index (χ3v) is 6.05. The van der Waals surface area contributed by atoms with E-state index in [1.165, 1.54) is 10.6 Å². The first-order valence-corrected chi connectivity index (χ1v) is 8.69. The van der Waals surface area contributed by atoms with Gasteiger partial charge in [-0.1, -0.05) is 0 Å². The maximum Gasteiger partial charge on any atom is 0.262 e. The van der Waals surface area contributed by atoms with Gasteiger partial charge in [-0.15, -0.1) is 0 Å². The van der Waals surface area contributed by atoms with Crippen molar-refractivity contribution in [3.05, 3.63) is 12.5 Å². The first-order valence-electron chi connectivity index (χ1n) is 7.25. The van der Waals surface area contributed by atoms with Crippen LogP contribution < -0.4 is 0 Å². The Balaban J connectivity index is 1.76. The number of nitrogens with zero attached hydrogens (tertiary/aromatic N) is 4. The van der Waals surface area contributed by atoms with E-state index >= 15 is 0 Å². The monoisotopic (exact) mass is 314 g/mol. The zero-order valence-electron chi connectivity index (χ0n) is 12.5. The molecule has 0 unspecified atom stereocenters. The van der Waals surface area contributed by atoms with Gasteiger partial charge in [0.2, 0.25) is 0 Å². The van der Waals surface area contributed by atoms with Gasteiger partial charge in [0.25, 0.3) is 10.0 Å². The highest BCUT2D eigenvalue weighted by atomic mass is 32.2. The van der Waals surface area contributed by atoms with E-state index in [-0.39, 0.29) is 11.1 Å². The average molecular weight is 314 g/mol. The van der Waals surface area contributed by atoms with E-state index in [0.29, 0.717) is 25.6 Å². The van der Waals surface area contributed by atoms with Gasteiger partial charge in [-0.2, -0.15) is 4.31 Å². The van der Waals surface area contributed by atoms with Crippen molar-refractivity contribution in [3.8, 4) is 0 Å². The summed E-state index contributed by atoms with van der Waals surface area (Å²) >= 11 is 0. The second kappa shape index (κ2) is 5.68. The number of piperidine rings is 1. The predicted molar refractivity (Wildman–Crippen MR) is 77.3 cm³/mol. The van der Waals surface area contributed by atoms with E-state index in [1.54, 1.807) is 17.8 Å². The van der Waals surface area contributed by atoms with Gasteiger partial charge >= 0.3 is 0 Å². The lowest BCUT2D eigenvalue weighted by molar-refractivity contribution is -0.00192.